The fraction of sp³-hybridized carbons (Fsp3) is 0.600. The Balaban J connectivity index is 3.26. The summed E-state index contributed by atoms with van der Waals surface area (Å²) in [6.45, 7) is 1.32. The van der Waals surface area contributed by atoms with Crippen molar-refractivity contribution in [3.8, 4) is 0 Å². The minimum absolute atomic E-state index is 0.00116. The molecule has 0 heterocycles. The summed E-state index contributed by atoms with van der Waals surface area (Å²) in [5, 5.41) is 10.8. The first-order valence-corrected chi connectivity index (χ1v) is 2.54. The Kier molecular flexibility index (Phi) is 3.62. The molecule has 0 aliphatic heterocycles. The molecule has 0 fully saturated rings. The summed E-state index contributed by atoms with van der Waals surface area (Å²) in [4.78, 5) is 19.8. The highest BCUT2D eigenvalue weighted by molar-refractivity contribution is 5.73. The average Bonchev–Trinajstić information content (AvgIpc) is 1.83. The molecule has 0 rings (SSSR count). The first-order chi connectivity index (χ1) is 4.16. The monoisotopic (exact) mass is 131 g/mol. The molecule has 0 bridgehead atoms. The first kappa shape index (κ1) is 8.10. The van der Waals surface area contributed by atoms with Crippen LogP contribution in [-0.2, 0) is 9.59 Å². The molecule has 52 valence electrons. The molecule has 0 aromatic rings. The lowest BCUT2D eigenvalue weighted by Crippen LogP contribution is -2.30. The maximum atomic E-state index is 10.1. The molecule has 1 amide bonds. The molecule has 1 atom stereocenters. The van der Waals surface area contributed by atoms with Crippen molar-refractivity contribution in [1.29, 1.82) is 0 Å². The quantitative estimate of drug-likeness (QED) is 0.467. The summed E-state index contributed by atoms with van der Waals surface area (Å²) in [7, 11) is 0. The fourth-order valence-corrected chi connectivity index (χ4v) is 0.296. The smallest absolute Gasteiger partial charge is 0.216 e. The maximum absolute atomic E-state index is 10.1. The number of aliphatic hydroxyl groups excluding tert-OH is 1. The first-order valence-electron chi connectivity index (χ1n) is 2.54. The number of carbonyl (C=O) groups excluding carboxylic acids is 2. The van der Waals surface area contributed by atoms with E-state index in [1.54, 1.807) is 0 Å². The molecule has 0 aliphatic rings. The maximum Gasteiger partial charge on any atom is 0.216 e. The van der Waals surface area contributed by atoms with Gasteiger partial charge in [0.05, 0.1) is 6.54 Å². The largest absolute Gasteiger partial charge is 0.384 e. The van der Waals surface area contributed by atoms with E-state index in [-0.39, 0.29) is 12.5 Å². The van der Waals surface area contributed by atoms with Crippen LogP contribution in [0.5, 0.6) is 0 Å². The van der Waals surface area contributed by atoms with Crippen LogP contribution >= 0.6 is 0 Å². The minimum atomic E-state index is -1.08. The molecule has 0 aromatic carbocycles. The van der Waals surface area contributed by atoms with Crippen molar-refractivity contribution in [1.82, 2.24) is 5.32 Å². The van der Waals surface area contributed by atoms with E-state index in [9.17, 15) is 9.59 Å². The molecule has 0 spiro atoms. The van der Waals surface area contributed by atoms with Crippen molar-refractivity contribution in [3.05, 3.63) is 0 Å². The van der Waals surface area contributed by atoms with E-state index < -0.39 is 6.10 Å². The van der Waals surface area contributed by atoms with Gasteiger partial charge in [-0.1, -0.05) is 0 Å². The van der Waals surface area contributed by atoms with Gasteiger partial charge in [-0.15, -0.1) is 0 Å². The molecule has 0 radical (unpaired) electrons. The normalized spacial score (nSPS) is 12.2. The summed E-state index contributed by atoms with van der Waals surface area (Å²) in [5.41, 5.74) is 0. The number of aldehydes is 1. The molecule has 9 heavy (non-hydrogen) atoms. The van der Waals surface area contributed by atoms with Gasteiger partial charge in [0.2, 0.25) is 5.91 Å². The molecule has 0 aromatic heterocycles. The van der Waals surface area contributed by atoms with Crippen LogP contribution in [0.15, 0.2) is 0 Å². The lowest BCUT2D eigenvalue weighted by Gasteiger charge is -2.01. The van der Waals surface area contributed by atoms with Crippen LogP contribution in [0.25, 0.3) is 0 Å². The minimum Gasteiger partial charge on any atom is -0.384 e. The molecular weight excluding hydrogens is 122 g/mol. The van der Waals surface area contributed by atoms with Gasteiger partial charge < -0.3 is 15.2 Å². The van der Waals surface area contributed by atoms with Gasteiger partial charge in [-0.3, -0.25) is 4.79 Å². The molecule has 0 saturated carbocycles. The van der Waals surface area contributed by atoms with Gasteiger partial charge in [-0.2, -0.15) is 0 Å². The highest BCUT2D eigenvalue weighted by Crippen LogP contribution is 1.70. The van der Waals surface area contributed by atoms with Gasteiger partial charge >= 0.3 is 0 Å². The summed E-state index contributed by atoms with van der Waals surface area (Å²) >= 11 is 0. The third-order valence-corrected chi connectivity index (χ3v) is 0.717. The Bertz CT molecular complexity index is 113. The van der Waals surface area contributed by atoms with E-state index in [2.05, 4.69) is 5.32 Å². The van der Waals surface area contributed by atoms with Crippen LogP contribution in [0.3, 0.4) is 0 Å². The molecule has 2 N–H and O–H groups in total. The highest BCUT2D eigenvalue weighted by Gasteiger charge is 1.99. The zero-order chi connectivity index (χ0) is 7.28. The third kappa shape index (κ3) is 4.96. The Morgan fingerprint density at radius 3 is 2.78 bits per heavy atom. The Hall–Kier alpha value is -0.900. The van der Waals surface area contributed by atoms with E-state index in [0.29, 0.717) is 6.29 Å². The number of aliphatic hydroxyl groups is 1. The van der Waals surface area contributed by atoms with Crippen molar-refractivity contribution in [2.45, 2.75) is 13.0 Å². The lowest BCUT2D eigenvalue weighted by molar-refractivity contribution is -0.120. The second-order valence-electron chi connectivity index (χ2n) is 1.64. The zero-order valence-electron chi connectivity index (χ0n) is 5.13. The van der Waals surface area contributed by atoms with E-state index in [1.165, 1.54) is 6.92 Å². The number of amides is 1. The SMILES string of the molecule is CC(=O)NC[C@@H](O)C=O. The molecule has 0 unspecified atom stereocenters. The van der Waals surface area contributed by atoms with Crippen molar-refractivity contribution in [2.24, 2.45) is 0 Å². The Morgan fingerprint density at radius 1 is 1.89 bits per heavy atom. The van der Waals surface area contributed by atoms with Crippen LogP contribution < -0.4 is 5.32 Å². The van der Waals surface area contributed by atoms with Crippen LogP contribution in [-0.4, -0.2) is 29.9 Å². The molecule has 0 saturated heterocycles. The van der Waals surface area contributed by atoms with Crippen molar-refractivity contribution in [2.75, 3.05) is 6.54 Å². The summed E-state index contributed by atoms with van der Waals surface area (Å²) in [5.74, 6) is -0.254. The van der Waals surface area contributed by atoms with E-state index in [1.807, 2.05) is 0 Å². The van der Waals surface area contributed by atoms with Gasteiger partial charge in [0.15, 0.2) is 0 Å². The summed E-state index contributed by atoms with van der Waals surface area (Å²) in [6, 6.07) is 0. The average molecular weight is 131 g/mol. The van der Waals surface area contributed by atoms with E-state index in [0.717, 1.165) is 0 Å². The van der Waals surface area contributed by atoms with Gasteiger partial charge in [-0.25, -0.2) is 0 Å². The second-order valence-corrected chi connectivity index (χ2v) is 1.64. The summed E-state index contributed by atoms with van der Waals surface area (Å²) in [6.07, 6.45) is -0.704. The predicted octanol–water partition coefficient (Wildman–Crippen LogP) is -1.32. The second kappa shape index (κ2) is 4.03. The van der Waals surface area contributed by atoms with Gasteiger partial charge in [0, 0.05) is 6.92 Å². The van der Waals surface area contributed by atoms with Crippen LogP contribution in [0.1, 0.15) is 6.92 Å². The summed E-state index contributed by atoms with van der Waals surface area (Å²) < 4.78 is 0. The topological polar surface area (TPSA) is 66.4 Å². The molecular formula is C5H9NO3. The number of hydrogen-bond donors (Lipinski definition) is 2. The van der Waals surface area contributed by atoms with Crippen molar-refractivity contribution < 1.29 is 14.7 Å². The zero-order valence-corrected chi connectivity index (χ0v) is 5.13. The predicted molar refractivity (Wildman–Crippen MR) is 30.8 cm³/mol. The van der Waals surface area contributed by atoms with Gasteiger partial charge in [0.25, 0.3) is 0 Å². The molecule has 4 heteroatoms. The fourth-order valence-electron chi connectivity index (χ4n) is 0.296. The lowest BCUT2D eigenvalue weighted by atomic mass is 10.4. The molecule has 4 nitrogen and oxygen atoms in total. The number of rotatable bonds is 3. The van der Waals surface area contributed by atoms with Crippen molar-refractivity contribution >= 4 is 12.2 Å². The van der Waals surface area contributed by atoms with Crippen LogP contribution in [0.4, 0.5) is 0 Å². The van der Waals surface area contributed by atoms with Crippen LogP contribution in [0, 0.1) is 0 Å². The highest BCUT2D eigenvalue weighted by atomic mass is 16.3. The number of carbonyl (C=O) groups is 2. The standard InChI is InChI=1S/C5H9NO3/c1-4(8)6-2-5(9)3-7/h3,5,9H,2H2,1H3,(H,6,8)/t5-/m1/s1. The number of nitrogens with one attached hydrogen (secondary N) is 1. The van der Waals surface area contributed by atoms with Gasteiger partial charge in [-0.05, 0) is 0 Å². The van der Waals surface area contributed by atoms with Crippen LogP contribution in [0.2, 0.25) is 0 Å². The Morgan fingerprint density at radius 2 is 2.44 bits per heavy atom. The van der Waals surface area contributed by atoms with E-state index >= 15 is 0 Å². The van der Waals surface area contributed by atoms with E-state index in [4.69, 9.17) is 5.11 Å². The number of hydrogen-bond acceptors (Lipinski definition) is 3. The van der Waals surface area contributed by atoms with Crippen molar-refractivity contribution in [3.63, 3.8) is 0 Å². The Labute approximate surface area is 52.9 Å². The van der Waals surface area contributed by atoms with Gasteiger partial charge in [0.1, 0.15) is 12.4 Å². The third-order valence-electron chi connectivity index (χ3n) is 0.717. The molecule has 0 aliphatic carbocycles.